The molecule has 0 aliphatic heterocycles. The van der Waals surface area contributed by atoms with Crippen molar-refractivity contribution in [3.8, 4) is 0 Å². The Morgan fingerprint density at radius 3 is 2.55 bits per heavy atom. The van der Waals surface area contributed by atoms with E-state index in [1.54, 1.807) is 26.0 Å². The molecule has 0 aromatic heterocycles. The second-order valence-corrected chi connectivity index (χ2v) is 6.19. The summed E-state index contributed by atoms with van der Waals surface area (Å²) in [4.78, 5) is 0. The Balaban J connectivity index is 2.47. The van der Waals surface area contributed by atoms with Gasteiger partial charge >= 0.3 is 0 Å². The van der Waals surface area contributed by atoms with E-state index in [9.17, 15) is 15.3 Å². The van der Waals surface area contributed by atoms with E-state index in [1.165, 1.54) is 0 Å². The van der Waals surface area contributed by atoms with Crippen LogP contribution in [0.15, 0.2) is 46.7 Å². The third-order valence-corrected chi connectivity index (χ3v) is 4.74. The molecule has 0 saturated heterocycles. The molecule has 0 heterocycles. The molecule has 4 atom stereocenters. The highest BCUT2D eigenvalue weighted by molar-refractivity contribution is 6.32. The van der Waals surface area contributed by atoms with Gasteiger partial charge in [0.15, 0.2) is 0 Å². The summed E-state index contributed by atoms with van der Waals surface area (Å²) in [5.41, 5.74) is -0.237. The van der Waals surface area contributed by atoms with E-state index in [0.29, 0.717) is 29.0 Å². The molecule has 20 heavy (non-hydrogen) atoms. The fraction of sp³-hybridized carbons (Fsp3) is 0.500. The number of hydrogen-bond acceptors (Lipinski definition) is 3. The molecular weight excluding hydrogens is 276 g/mol. The number of halogens is 1. The second kappa shape index (κ2) is 5.40. The maximum absolute atomic E-state index is 10.9. The zero-order chi connectivity index (χ0) is 15.1. The standard InChI is InChI=1S/C16H21ClO3/c1-9(2)16(20)8-13(17)10(3)15(19)14(16)11-4-6-12(18)7-5-11/h4,6,8,11-12,14,18-20H,1,5,7H2,2-3H3/t11?,12?,14-,16?/m0/s1. The van der Waals surface area contributed by atoms with E-state index < -0.39 is 17.6 Å². The van der Waals surface area contributed by atoms with Gasteiger partial charge in [-0.15, -0.1) is 0 Å². The van der Waals surface area contributed by atoms with Crippen LogP contribution in [0.1, 0.15) is 26.7 Å². The van der Waals surface area contributed by atoms with Gasteiger partial charge in [-0.25, -0.2) is 0 Å². The lowest BCUT2D eigenvalue weighted by atomic mass is 9.67. The van der Waals surface area contributed by atoms with Crippen LogP contribution in [0.4, 0.5) is 0 Å². The van der Waals surface area contributed by atoms with Crippen molar-refractivity contribution in [2.45, 2.75) is 38.4 Å². The Morgan fingerprint density at radius 2 is 2.05 bits per heavy atom. The Labute approximate surface area is 124 Å². The van der Waals surface area contributed by atoms with Crippen molar-refractivity contribution in [3.05, 3.63) is 46.7 Å². The number of allylic oxidation sites excluding steroid dienone is 3. The first-order valence-corrected chi connectivity index (χ1v) is 7.18. The molecule has 110 valence electrons. The van der Waals surface area contributed by atoms with Gasteiger partial charge in [-0.1, -0.05) is 30.3 Å². The van der Waals surface area contributed by atoms with Crippen molar-refractivity contribution in [1.29, 1.82) is 0 Å². The van der Waals surface area contributed by atoms with E-state index in [0.717, 1.165) is 0 Å². The first-order valence-electron chi connectivity index (χ1n) is 6.80. The van der Waals surface area contributed by atoms with E-state index in [1.807, 2.05) is 6.08 Å². The minimum Gasteiger partial charge on any atom is -0.512 e. The molecule has 0 fully saturated rings. The van der Waals surface area contributed by atoms with Crippen LogP contribution in [0.2, 0.25) is 0 Å². The molecule has 2 aliphatic rings. The zero-order valence-corrected chi connectivity index (χ0v) is 12.6. The van der Waals surface area contributed by atoms with Crippen LogP contribution >= 0.6 is 11.6 Å². The average Bonchev–Trinajstić information content (AvgIpc) is 2.38. The first kappa shape index (κ1) is 15.4. The summed E-state index contributed by atoms with van der Waals surface area (Å²) in [6.07, 6.45) is 6.02. The maximum atomic E-state index is 10.9. The molecule has 0 radical (unpaired) electrons. The summed E-state index contributed by atoms with van der Waals surface area (Å²) in [6, 6.07) is 0. The van der Waals surface area contributed by atoms with Gasteiger partial charge in [0, 0.05) is 10.6 Å². The number of aliphatic hydroxyl groups is 3. The van der Waals surface area contributed by atoms with Gasteiger partial charge in [-0.2, -0.15) is 0 Å². The molecule has 0 spiro atoms. The lowest BCUT2D eigenvalue weighted by molar-refractivity contribution is 0.0289. The van der Waals surface area contributed by atoms with Crippen molar-refractivity contribution >= 4 is 11.6 Å². The van der Waals surface area contributed by atoms with Crippen LogP contribution in [0.5, 0.6) is 0 Å². The van der Waals surface area contributed by atoms with Crippen LogP contribution < -0.4 is 0 Å². The maximum Gasteiger partial charge on any atom is 0.115 e. The van der Waals surface area contributed by atoms with E-state index in [2.05, 4.69) is 6.58 Å². The molecule has 0 amide bonds. The van der Waals surface area contributed by atoms with E-state index in [4.69, 9.17) is 11.6 Å². The first-order chi connectivity index (χ1) is 9.27. The molecular formula is C16H21ClO3. The predicted octanol–water partition coefficient (Wildman–Crippen LogP) is 3.21. The highest BCUT2D eigenvalue weighted by Crippen LogP contribution is 2.46. The molecule has 0 saturated carbocycles. The van der Waals surface area contributed by atoms with E-state index >= 15 is 0 Å². The Hall–Kier alpha value is -1.03. The topological polar surface area (TPSA) is 60.7 Å². The summed E-state index contributed by atoms with van der Waals surface area (Å²) in [5.74, 6) is -0.462. The van der Waals surface area contributed by atoms with Crippen molar-refractivity contribution in [2.24, 2.45) is 11.8 Å². The SMILES string of the molecule is C=C(C)C1(O)C=C(Cl)C(C)=C(O)[C@@H]1C1C=CC(O)CC1. The normalized spacial score (nSPS) is 37.9. The Kier molecular flexibility index (Phi) is 4.14. The van der Waals surface area contributed by atoms with Gasteiger partial charge in [0.1, 0.15) is 11.4 Å². The largest absolute Gasteiger partial charge is 0.512 e. The molecule has 0 bridgehead atoms. The number of rotatable bonds is 2. The third kappa shape index (κ3) is 2.46. The molecule has 4 heteroatoms. The second-order valence-electron chi connectivity index (χ2n) is 5.78. The van der Waals surface area contributed by atoms with Crippen molar-refractivity contribution in [2.75, 3.05) is 0 Å². The molecule has 0 aromatic rings. The molecule has 3 nitrogen and oxygen atoms in total. The quantitative estimate of drug-likeness (QED) is 0.686. The van der Waals surface area contributed by atoms with Crippen molar-refractivity contribution in [3.63, 3.8) is 0 Å². The van der Waals surface area contributed by atoms with Crippen LogP contribution in [-0.2, 0) is 0 Å². The van der Waals surface area contributed by atoms with Gasteiger partial charge in [-0.05, 0) is 44.3 Å². The summed E-state index contributed by atoms with van der Waals surface area (Å²) in [5, 5.41) is 31.3. The molecule has 3 unspecified atom stereocenters. The smallest absolute Gasteiger partial charge is 0.115 e. The van der Waals surface area contributed by atoms with Crippen LogP contribution in [0.25, 0.3) is 0 Å². The van der Waals surface area contributed by atoms with Gasteiger partial charge in [0.05, 0.1) is 12.0 Å². The summed E-state index contributed by atoms with van der Waals surface area (Å²) in [6.45, 7) is 7.31. The van der Waals surface area contributed by atoms with Gasteiger partial charge in [0.2, 0.25) is 0 Å². The lowest BCUT2D eigenvalue weighted by Crippen LogP contribution is -2.45. The molecule has 2 aliphatic carbocycles. The summed E-state index contributed by atoms with van der Waals surface area (Å²) >= 11 is 6.10. The summed E-state index contributed by atoms with van der Waals surface area (Å²) in [7, 11) is 0. The number of aliphatic hydroxyl groups excluding tert-OH is 2. The van der Waals surface area contributed by atoms with E-state index in [-0.39, 0.29) is 11.7 Å². The lowest BCUT2D eigenvalue weighted by Gasteiger charge is -2.42. The monoisotopic (exact) mass is 296 g/mol. The van der Waals surface area contributed by atoms with Gasteiger partial charge in [-0.3, -0.25) is 0 Å². The summed E-state index contributed by atoms with van der Waals surface area (Å²) < 4.78 is 0. The van der Waals surface area contributed by atoms with Crippen molar-refractivity contribution in [1.82, 2.24) is 0 Å². The molecule has 3 N–H and O–H groups in total. The van der Waals surface area contributed by atoms with Crippen LogP contribution in [0, 0.1) is 11.8 Å². The zero-order valence-electron chi connectivity index (χ0n) is 11.8. The average molecular weight is 297 g/mol. The highest BCUT2D eigenvalue weighted by Gasteiger charge is 2.46. The van der Waals surface area contributed by atoms with Gasteiger partial charge in [0.25, 0.3) is 0 Å². The molecule has 2 rings (SSSR count). The van der Waals surface area contributed by atoms with Crippen LogP contribution in [-0.4, -0.2) is 27.0 Å². The fourth-order valence-electron chi connectivity index (χ4n) is 2.98. The number of hydrogen-bond donors (Lipinski definition) is 3. The Bertz CT molecular complexity index is 518. The highest BCUT2D eigenvalue weighted by atomic mass is 35.5. The predicted molar refractivity (Wildman–Crippen MR) is 80.4 cm³/mol. The third-order valence-electron chi connectivity index (χ3n) is 4.35. The minimum atomic E-state index is -1.36. The van der Waals surface area contributed by atoms with Gasteiger partial charge < -0.3 is 15.3 Å². The Morgan fingerprint density at radius 1 is 1.40 bits per heavy atom. The molecule has 0 aromatic carbocycles. The minimum absolute atomic E-state index is 0.0592. The fourth-order valence-corrected chi connectivity index (χ4v) is 3.24. The van der Waals surface area contributed by atoms with Crippen LogP contribution in [0.3, 0.4) is 0 Å². The van der Waals surface area contributed by atoms with Crippen molar-refractivity contribution < 1.29 is 15.3 Å².